The molecule has 1 amide bonds. The van der Waals surface area contributed by atoms with Crippen molar-refractivity contribution in [1.29, 1.82) is 0 Å². The first kappa shape index (κ1) is 17.5. The number of benzene rings is 1. The van der Waals surface area contributed by atoms with E-state index >= 15 is 0 Å². The van der Waals surface area contributed by atoms with Gasteiger partial charge < -0.3 is 9.47 Å². The lowest BCUT2D eigenvalue weighted by atomic mass is 9.75. The Hall–Kier alpha value is -2.36. The number of carbonyl (C=O) groups is 1. The standard InChI is InChI=1S/C21H26N2O2/c1-21(2,3)17-14-16-8-4-5-9-18(16)23(15-17)20(25)11-13-22-12-7-6-10-19(22)24/h4-10,12,17H,11,13-15H2,1-3H3. The topological polar surface area (TPSA) is 42.3 Å². The van der Waals surface area contributed by atoms with E-state index in [4.69, 9.17) is 0 Å². The molecule has 0 fully saturated rings. The average molecular weight is 338 g/mol. The molecule has 1 aromatic carbocycles. The molecule has 0 saturated carbocycles. The molecule has 4 nitrogen and oxygen atoms in total. The minimum absolute atomic E-state index is 0.0677. The highest BCUT2D eigenvalue weighted by Crippen LogP contribution is 2.38. The summed E-state index contributed by atoms with van der Waals surface area (Å²) in [6, 6.07) is 13.2. The SMILES string of the molecule is CC(C)(C)C1Cc2ccccc2N(C(=O)CCn2ccccc2=O)C1. The van der Waals surface area contributed by atoms with Crippen molar-refractivity contribution in [3.63, 3.8) is 0 Å². The van der Waals surface area contributed by atoms with Gasteiger partial charge in [0.05, 0.1) is 0 Å². The fourth-order valence-electron chi connectivity index (χ4n) is 3.41. The minimum Gasteiger partial charge on any atom is -0.315 e. The molecule has 4 heteroatoms. The monoisotopic (exact) mass is 338 g/mol. The summed E-state index contributed by atoms with van der Waals surface area (Å²) in [5.74, 6) is 0.503. The molecule has 0 saturated heterocycles. The van der Waals surface area contributed by atoms with E-state index in [-0.39, 0.29) is 16.9 Å². The van der Waals surface area contributed by atoms with Gasteiger partial charge in [0.2, 0.25) is 5.91 Å². The second-order valence-electron chi connectivity index (χ2n) is 7.88. The van der Waals surface area contributed by atoms with Gasteiger partial charge in [-0.05, 0) is 35.4 Å². The quantitative estimate of drug-likeness (QED) is 0.860. The molecule has 0 bridgehead atoms. The Morgan fingerprint density at radius 3 is 2.56 bits per heavy atom. The molecule has 1 aromatic heterocycles. The molecule has 25 heavy (non-hydrogen) atoms. The average Bonchev–Trinajstić information content (AvgIpc) is 2.59. The number of fused-ring (bicyclic) bond motifs is 1. The maximum absolute atomic E-state index is 12.9. The second kappa shape index (κ2) is 6.87. The van der Waals surface area contributed by atoms with E-state index in [1.54, 1.807) is 16.8 Å². The van der Waals surface area contributed by atoms with Crippen molar-refractivity contribution in [3.05, 3.63) is 64.6 Å². The number of hydrogen-bond acceptors (Lipinski definition) is 2. The fraction of sp³-hybridized carbons (Fsp3) is 0.429. The summed E-state index contributed by atoms with van der Waals surface area (Å²) in [5, 5.41) is 0. The minimum atomic E-state index is -0.0677. The van der Waals surface area contributed by atoms with Crippen molar-refractivity contribution in [2.45, 2.75) is 40.2 Å². The van der Waals surface area contributed by atoms with Gasteiger partial charge in [0.1, 0.15) is 0 Å². The first-order valence-electron chi connectivity index (χ1n) is 8.90. The highest BCUT2D eigenvalue weighted by Gasteiger charge is 2.34. The number of carbonyl (C=O) groups excluding carboxylic acids is 1. The van der Waals surface area contributed by atoms with Crippen molar-refractivity contribution < 1.29 is 4.79 Å². The van der Waals surface area contributed by atoms with Gasteiger partial charge in [-0.15, -0.1) is 0 Å². The summed E-state index contributed by atoms with van der Waals surface area (Å²) < 4.78 is 1.59. The number of anilines is 1. The third kappa shape index (κ3) is 3.84. The molecule has 3 rings (SSSR count). The lowest BCUT2D eigenvalue weighted by Gasteiger charge is -2.40. The lowest BCUT2D eigenvalue weighted by molar-refractivity contribution is -0.119. The molecule has 1 unspecified atom stereocenters. The molecule has 0 aliphatic carbocycles. The van der Waals surface area contributed by atoms with Crippen molar-refractivity contribution >= 4 is 11.6 Å². The van der Waals surface area contributed by atoms with Crippen LogP contribution in [0.5, 0.6) is 0 Å². The number of hydrogen-bond donors (Lipinski definition) is 0. The number of pyridine rings is 1. The molecule has 2 heterocycles. The van der Waals surface area contributed by atoms with Crippen LogP contribution >= 0.6 is 0 Å². The zero-order chi connectivity index (χ0) is 18.0. The van der Waals surface area contributed by atoms with E-state index in [0.717, 1.165) is 18.7 Å². The highest BCUT2D eigenvalue weighted by atomic mass is 16.2. The van der Waals surface area contributed by atoms with Gasteiger partial charge in [-0.1, -0.05) is 45.0 Å². The van der Waals surface area contributed by atoms with Gasteiger partial charge >= 0.3 is 0 Å². The number of amides is 1. The molecule has 0 radical (unpaired) electrons. The van der Waals surface area contributed by atoms with Gasteiger partial charge in [-0.3, -0.25) is 9.59 Å². The molecule has 1 aliphatic heterocycles. The Morgan fingerprint density at radius 2 is 1.84 bits per heavy atom. The third-order valence-electron chi connectivity index (χ3n) is 5.14. The van der Waals surface area contributed by atoms with Crippen LogP contribution in [-0.4, -0.2) is 17.0 Å². The molecule has 132 valence electrons. The lowest BCUT2D eigenvalue weighted by Crippen LogP contribution is -2.44. The Kier molecular flexibility index (Phi) is 4.80. The molecule has 1 aliphatic rings. The number of rotatable bonds is 3. The van der Waals surface area contributed by atoms with E-state index in [9.17, 15) is 9.59 Å². The summed E-state index contributed by atoms with van der Waals surface area (Å²) in [6.07, 6.45) is 3.06. The highest BCUT2D eigenvalue weighted by molar-refractivity contribution is 5.94. The van der Waals surface area contributed by atoms with Crippen molar-refractivity contribution in [3.8, 4) is 0 Å². The van der Waals surface area contributed by atoms with Gasteiger partial charge in [0.15, 0.2) is 0 Å². The molecule has 0 spiro atoms. The number of para-hydroxylation sites is 1. The van der Waals surface area contributed by atoms with Crippen LogP contribution in [-0.2, 0) is 17.8 Å². The summed E-state index contributed by atoms with van der Waals surface area (Å²) in [7, 11) is 0. The number of aryl methyl sites for hydroxylation is 1. The first-order valence-corrected chi connectivity index (χ1v) is 8.90. The smallest absolute Gasteiger partial charge is 0.250 e. The van der Waals surface area contributed by atoms with E-state index in [1.165, 1.54) is 11.6 Å². The van der Waals surface area contributed by atoms with Gasteiger partial charge in [-0.25, -0.2) is 0 Å². The zero-order valence-corrected chi connectivity index (χ0v) is 15.2. The van der Waals surface area contributed by atoms with Crippen LogP contribution in [0.25, 0.3) is 0 Å². The molecule has 0 N–H and O–H groups in total. The van der Waals surface area contributed by atoms with Crippen LogP contribution in [0, 0.1) is 11.3 Å². The van der Waals surface area contributed by atoms with Gasteiger partial charge in [0.25, 0.3) is 5.56 Å². The molecule has 1 atom stereocenters. The molecular formula is C21H26N2O2. The van der Waals surface area contributed by atoms with Crippen molar-refractivity contribution in [2.24, 2.45) is 11.3 Å². The number of nitrogens with zero attached hydrogens (tertiary/aromatic N) is 2. The number of aromatic nitrogens is 1. The van der Waals surface area contributed by atoms with Crippen LogP contribution in [0.2, 0.25) is 0 Å². The normalized spacial score (nSPS) is 17.2. The van der Waals surface area contributed by atoms with Crippen LogP contribution in [0.15, 0.2) is 53.5 Å². The molecular weight excluding hydrogens is 312 g/mol. The summed E-state index contributed by atoms with van der Waals surface area (Å²) in [4.78, 5) is 26.7. The fourth-order valence-corrected chi connectivity index (χ4v) is 3.41. The predicted molar refractivity (Wildman–Crippen MR) is 101 cm³/mol. The maximum Gasteiger partial charge on any atom is 0.250 e. The largest absolute Gasteiger partial charge is 0.315 e. The summed E-state index contributed by atoms with van der Waals surface area (Å²) >= 11 is 0. The Morgan fingerprint density at radius 1 is 1.12 bits per heavy atom. The molecule has 2 aromatic rings. The Balaban J connectivity index is 1.81. The van der Waals surface area contributed by atoms with Crippen LogP contribution in [0.1, 0.15) is 32.8 Å². The zero-order valence-electron chi connectivity index (χ0n) is 15.2. The van der Waals surface area contributed by atoms with Crippen LogP contribution in [0.4, 0.5) is 5.69 Å². The van der Waals surface area contributed by atoms with E-state index in [2.05, 4.69) is 26.8 Å². The van der Waals surface area contributed by atoms with Crippen LogP contribution < -0.4 is 10.5 Å². The van der Waals surface area contributed by atoms with Gasteiger partial charge in [-0.2, -0.15) is 0 Å². The predicted octanol–water partition coefficient (Wildman–Crippen LogP) is 3.49. The Labute approximate surface area is 149 Å². The Bertz CT molecular complexity index is 817. The van der Waals surface area contributed by atoms with E-state index in [1.807, 2.05) is 29.2 Å². The van der Waals surface area contributed by atoms with Crippen molar-refractivity contribution in [2.75, 3.05) is 11.4 Å². The summed E-state index contributed by atoms with van der Waals surface area (Å²) in [5.41, 5.74) is 2.33. The maximum atomic E-state index is 12.9. The summed E-state index contributed by atoms with van der Waals surface area (Å²) in [6.45, 7) is 7.85. The third-order valence-corrected chi connectivity index (χ3v) is 5.14. The second-order valence-corrected chi connectivity index (χ2v) is 7.88. The van der Waals surface area contributed by atoms with Crippen molar-refractivity contribution in [1.82, 2.24) is 4.57 Å². The van der Waals surface area contributed by atoms with E-state index < -0.39 is 0 Å². The first-order chi connectivity index (χ1) is 11.9. The van der Waals surface area contributed by atoms with E-state index in [0.29, 0.717) is 18.9 Å². The van der Waals surface area contributed by atoms with Gasteiger partial charge in [0, 0.05) is 37.5 Å². The van der Waals surface area contributed by atoms with Crippen LogP contribution in [0.3, 0.4) is 0 Å².